The van der Waals surface area contributed by atoms with E-state index in [-0.39, 0.29) is 17.4 Å². The van der Waals surface area contributed by atoms with Crippen molar-refractivity contribution < 1.29 is 9.90 Å². The lowest BCUT2D eigenvalue weighted by atomic mass is 9.90. The highest BCUT2D eigenvalue weighted by atomic mass is 16.3. The van der Waals surface area contributed by atoms with Crippen LogP contribution in [0, 0.1) is 11.3 Å². The normalized spacial score (nSPS) is 18.0. The topological polar surface area (TPSA) is 43.8 Å². The van der Waals surface area contributed by atoms with E-state index >= 15 is 0 Å². The van der Waals surface area contributed by atoms with Gasteiger partial charge in [0, 0.05) is 31.1 Å². The maximum Gasteiger partial charge on any atom is 0.227 e. The van der Waals surface area contributed by atoms with Crippen molar-refractivity contribution in [2.24, 2.45) is 11.3 Å². The Bertz CT molecular complexity index is 557. The van der Waals surface area contributed by atoms with Gasteiger partial charge in [0.25, 0.3) is 0 Å². The number of piperidine rings is 1. The average molecular weight is 332 g/mol. The van der Waals surface area contributed by atoms with E-state index in [1.807, 2.05) is 37.8 Å². The van der Waals surface area contributed by atoms with Crippen LogP contribution >= 0.6 is 0 Å². The Morgan fingerprint density at radius 3 is 2.50 bits per heavy atom. The van der Waals surface area contributed by atoms with Crippen LogP contribution in [0.1, 0.15) is 52.1 Å². The second-order valence-corrected chi connectivity index (χ2v) is 8.20. The Kier molecular flexibility index (Phi) is 5.92. The number of carbonyl (C=O) groups excluding carboxylic acids is 1. The quantitative estimate of drug-likeness (QED) is 0.915. The van der Waals surface area contributed by atoms with E-state index in [2.05, 4.69) is 24.9 Å². The molecule has 134 valence electrons. The van der Waals surface area contributed by atoms with E-state index in [9.17, 15) is 9.90 Å². The van der Waals surface area contributed by atoms with Crippen molar-refractivity contribution in [1.29, 1.82) is 0 Å². The van der Waals surface area contributed by atoms with E-state index in [1.54, 1.807) is 6.07 Å². The lowest BCUT2D eigenvalue weighted by Gasteiger charge is -2.38. The highest BCUT2D eigenvalue weighted by molar-refractivity contribution is 5.81. The lowest BCUT2D eigenvalue weighted by molar-refractivity contribution is -0.141. The molecule has 1 aliphatic rings. The number of aromatic hydroxyl groups is 1. The molecule has 1 aromatic rings. The summed E-state index contributed by atoms with van der Waals surface area (Å²) in [6.45, 7) is 10.9. The van der Waals surface area contributed by atoms with Crippen molar-refractivity contribution in [3.05, 3.63) is 29.8 Å². The van der Waals surface area contributed by atoms with Crippen molar-refractivity contribution in [2.45, 2.75) is 46.6 Å². The summed E-state index contributed by atoms with van der Waals surface area (Å²) in [5.41, 5.74) is 0.853. The third kappa shape index (κ3) is 4.73. The number of hydrogen-bond acceptors (Lipinski definition) is 3. The number of carbonyl (C=O) groups is 1. The SMILES string of the molecule is C[C@H](c1cccc(O)c1)N(C)CC1CCN(C(=O)C(C)(C)C)CC1. The summed E-state index contributed by atoms with van der Waals surface area (Å²) in [6.07, 6.45) is 2.14. The van der Waals surface area contributed by atoms with Crippen molar-refractivity contribution in [3.63, 3.8) is 0 Å². The number of amides is 1. The molecule has 1 amide bonds. The van der Waals surface area contributed by atoms with Crippen LogP contribution in [0.5, 0.6) is 5.75 Å². The van der Waals surface area contributed by atoms with Gasteiger partial charge in [-0.15, -0.1) is 0 Å². The molecule has 0 aliphatic carbocycles. The van der Waals surface area contributed by atoms with E-state index in [1.165, 1.54) is 0 Å². The Hall–Kier alpha value is -1.55. The van der Waals surface area contributed by atoms with E-state index in [0.717, 1.165) is 38.0 Å². The molecule has 0 unspecified atom stereocenters. The minimum absolute atomic E-state index is 0.266. The molecule has 0 bridgehead atoms. The van der Waals surface area contributed by atoms with Gasteiger partial charge in [0.1, 0.15) is 5.75 Å². The zero-order valence-corrected chi connectivity index (χ0v) is 15.7. The molecule has 4 heteroatoms. The van der Waals surface area contributed by atoms with Crippen molar-refractivity contribution in [1.82, 2.24) is 9.80 Å². The van der Waals surface area contributed by atoms with Crippen LogP contribution in [0.2, 0.25) is 0 Å². The number of likely N-dealkylation sites (tertiary alicyclic amines) is 1. The molecule has 2 rings (SSSR count). The fraction of sp³-hybridized carbons (Fsp3) is 0.650. The number of rotatable bonds is 4. The van der Waals surface area contributed by atoms with Gasteiger partial charge in [-0.05, 0) is 50.4 Å². The summed E-state index contributed by atoms with van der Waals surface area (Å²) >= 11 is 0. The van der Waals surface area contributed by atoms with Gasteiger partial charge in [0.15, 0.2) is 0 Å². The largest absolute Gasteiger partial charge is 0.508 e. The van der Waals surface area contributed by atoms with E-state index < -0.39 is 0 Å². The number of benzene rings is 1. The van der Waals surface area contributed by atoms with Crippen LogP contribution < -0.4 is 0 Å². The molecular formula is C20H32N2O2. The molecule has 1 aromatic carbocycles. The van der Waals surface area contributed by atoms with Gasteiger partial charge in [-0.2, -0.15) is 0 Å². The molecule has 4 nitrogen and oxygen atoms in total. The Morgan fingerprint density at radius 1 is 1.33 bits per heavy atom. The lowest BCUT2D eigenvalue weighted by Crippen LogP contribution is -2.45. The monoisotopic (exact) mass is 332 g/mol. The molecule has 24 heavy (non-hydrogen) atoms. The molecule has 1 atom stereocenters. The summed E-state index contributed by atoms with van der Waals surface area (Å²) in [7, 11) is 2.14. The van der Waals surface area contributed by atoms with Gasteiger partial charge >= 0.3 is 0 Å². The van der Waals surface area contributed by atoms with Gasteiger partial charge in [0.05, 0.1) is 0 Å². The van der Waals surface area contributed by atoms with Gasteiger partial charge in [0.2, 0.25) is 5.91 Å². The molecular weight excluding hydrogens is 300 g/mol. The first-order chi connectivity index (χ1) is 11.2. The van der Waals surface area contributed by atoms with Crippen molar-refractivity contribution in [3.8, 4) is 5.75 Å². The summed E-state index contributed by atoms with van der Waals surface area (Å²) in [5, 5.41) is 9.66. The van der Waals surface area contributed by atoms with E-state index in [0.29, 0.717) is 11.7 Å². The smallest absolute Gasteiger partial charge is 0.227 e. The zero-order chi connectivity index (χ0) is 17.9. The average Bonchev–Trinajstić information content (AvgIpc) is 2.53. The molecule has 1 fully saturated rings. The second-order valence-electron chi connectivity index (χ2n) is 8.20. The first-order valence-electron chi connectivity index (χ1n) is 8.97. The molecule has 1 saturated heterocycles. The number of hydrogen-bond donors (Lipinski definition) is 1. The summed E-state index contributed by atoms with van der Waals surface area (Å²) < 4.78 is 0. The minimum atomic E-state index is -0.284. The predicted molar refractivity (Wildman–Crippen MR) is 97.9 cm³/mol. The van der Waals surface area contributed by atoms with Crippen molar-refractivity contribution in [2.75, 3.05) is 26.7 Å². The van der Waals surface area contributed by atoms with Crippen LogP contribution in [-0.4, -0.2) is 47.5 Å². The zero-order valence-electron chi connectivity index (χ0n) is 15.7. The number of nitrogens with zero attached hydrogens (tertiary/aromatic N) is 2. The van der Waals surface area contributed by atoms with Gasteiger partial charge < -0.3 is 10.0 Å². The summed E-state index contributed by atoms with van der Waals surface area (Å²) in [5.74, 6) is 1.21. The highest BCUT2D eigenvalue weighted by Crippen LogP contribution is 2.27. The fourth-order valence-corrected chi connectivity index (χ4v) is 3.40. The number of phenols is 1. The molecule has 1 N–H and O–H groups in total. The Morgan fingerprint density at radius 2 is 1.96 bits per heavy atom. The first kappa shape index (κ1) is 18.8. The second kappa shape index (κ2) is 7.56. The molecule has 1 heterocycles. The van der Waals surface area contributed by atoms with Crippen LogP contribution in [0.15, 0.2) is 24.3 Å². The summed E-state index contributed by atoms with van der Waals surface area (Å²) in [6, 6.07) is 7.77. The predicted octanol–water partition coefficient (Wildman–Crippen LogP) is 3.67. The summed E-state index contributed by atoms with van der Waals surface area (Å²) in [4.78, 5) is 16.7. The molecule has 0 aromatic heterocycles. The molecule has 0 radical (unpaired) electrons. The number of phenolic OH excluding ortho intramolecular Hbond substituents is 1. The first-order valence-corrected chi connectivity index (χ1v) is 8.97. The van der Waals surface area contributed by atoms with Gasteiger partial charge in [-0.3, -0.25) is 9.69 Å². The minimum Gasteiger partial charge on any atom is -0.508 e. The maximum absolute atomic E-state index is 12.4. The maximum atomic E-state index is 12.4. The van der Waals surface area contributed by atoms with E-state index in [4.69, 9.17) is 0 Å². The van der Waals surface area contributed by atoms with Gasteiger partial charge in [-0.25, -0.2) is 0 Å². The molecule has 1 aliphatic heterocycles. The van der Waals surface area contributed by atoms with Crippen LogP contribution in [0.4, 0.5) is 0 Å². The Balaban J connectivity index is 1.86. The molecule has 0 spiro atoms. The van der Waals surface area contributed by atoms with Crippen LogP contribution in [0.3, 0.4) is 0 Å². The highest BCUT2D eigenvalue weighted by Gasteiger charge is 2.30. The van der Waals surface area contributed by atoms with Crippen molar-refractivity contribution >= 4 is 5.91 Å². The third-order valence-corrected chi connectivity index (χ3v) is 5.10. The standard InChI is InChI=1S/C20H32N2O2/c1-15(17-7-6-8-18(23)13-17)21(5)14-16-9-11-22(12-10-16)19(24)20(2,3)4/h6-8,13,15-16,23H,9-12,14H2,1-5H3/t15-/m1/s1. The Labute approximate surface area is 146 Å². The van der Waals surface area contributed by atoms with Crippen LogP contribution in [0.25, 0.3) is 0 Å². The van der Waals surface area contributed by atoms with Gasteiger partial charge in [-0.1, -0.05) is 32.9 Å². The fourth-order valence-electron chi connectivity index (χ4n) is 3.40. The van der Waals surface area contributed by atoms with Crippen LogP contribution in [-0.2, 0) is 4.79 Å². The third-order valence-electron chi connectivity index (χ3n) is 5.10. The molecule has 0 saturated carbocycles.